The van der Waals surface area contributed by atoms with E-state index in [1.54, 1.807) is 6.07 Å². The third kappa shape index (κ3) is 4.12. The summed E-state index contributed by atoms with van der Waals surface area (Å²) in [6.45, 7) is 4.63. The molecule has 0 bridgehead atoms. The summed E-state index contributed by atoms with van der Waals surface area (Å²) < 4.78 is 18.4. The third-order valence-corrected chi connectivity index (χ3v) is 7.00. The molecule has 6 rings (SSSR count). The molecule has 0 spiro atoms. The molecule has 1 aliphatic heterocycles. The van der Waals surface area contributed by atoms with Crippen LogP contribution in [0.15, 0.2) is 59.1 Å². The van der Waals surface area contributed by atoms with Gasteiger partial charge >= 0.3 is 0 Å². The van der Waals surface area contributed by atoms with Crippen LogP contribution in [0.25, 0.3) is 11.3 Å². The van der Waals surface area contributed by atoms with Crippen LogP contribution in [0, 0.1) is 13.8 Å². The number of fused-ring (bicyclic) bond motifs is 2. The molecule has 176 valence electrons. The Balaban J connectivity index is 1.27. The van der Waals surface area contributed by atoms with Gasteiger partial charge in [-0.1, -0.05) is 23.4 Å². The van der Waals surface area contributed by atoms with Crippen LogP contribution in [0.1, 0.15) is 62.7 Å². The Morgan fingerprint density at radius 2 is 1.69 bits per heavy atom. The Labute approximate surface area is 204 Å². The fourth-order valence-electron chi connectivity index (χ4n) is 4.96. The van der Waals surface area contributed by atoms with Gasteiger partial charge in [0.2, 0.25) is 0 Å². The van der Waals surface area contributed by atoms with E-state index < -0.39 is 0 Å². The Morgan fingerprint density at radius 3 is 2.40 bits per heavy atom. The van der Waals surface area contributed by atoms with E-state index >= 15 is 0 Å². The highest BCUT2D eigenvalue weighted by Crippen LogP contribution is 2.45. The van der Waals surface area contributed by atoms with Gasteiger partial charge in [-0.3, -0.25) is 4.79 Å². The Kier molecular flexibility index (Phi) is 5.40. The number of benzene rings is 3. The van der Waals surface area contributed by atoms with Gasteiger partial charge < -0.3 is 14.0 Å². The van der Waals surface area contributed by atoms with Crippen molar-refractivity contribution in [3.63, 3.8) is 0 Å². The monoisotopic (exact) mass is 465 g/mol. The van der Waals surface area contributed by atoms with Gasteiger partial charge in [-0.2, -0.15) is 0 Å². The molecular weight excluding hydrogens is 438 g/mol. The van der Waals surface area contributed by atoms with Crippen LogP contribution in [0.2, 0.25) is 0 Å². The van der Waals surface area contributed by atoms with Crippen LogP contribution in [-0.2, 0) is 19.4 Å². The number of carbonyl (C=O) groups excluding carboxylic acids is 1. The van der Waals surface area contributed by atoms with Crippen molar-refractivity contribution in [3.8, 4) is 28.5 Å². The van der Waals surface area contributed by atoms with Crippen LogP contribution in [0.3, 0.4) is 0 Å². The lowest BCUT2D eigenvalue weighted by molar-refractivity contribution is 0.112. The number of ether oxygens (including phenoxy) is 2. The maximum absolute atomic E-state index is 11.2. The van der Waals surface area contributed by atoms with E-state index in [9.17, 15) is 4.79 Å². The first kappa shape index (κ1) is 21.7. The first-order valence-corrected chi connectivity index (χ1v) is 12.2. The molecular formula is C30H27NO4. The maximum atomic E-state index is 11.2. The normalized spacial score (nSPS) is 14.5. The lowest BCUT2D eigenvalue weighted by Crippen LogP contribution is -2.01. The quantitative estimate of drug-likeness (QED) is 0.284. The molecule has 4 aromatic rings. The molecule has 1 aromatic heterocycles. The number of hydrogen-bond acceptors (Lipinski definition) is 5. The summed E-state index contributed by atoms with van der Waals surface area (Å²) in [5, 5.41) is 4.50. The molecule has 1 fully saturated rings. The van der Waals surface area contributed by atoms with Crippen LogP contribution in [-0.4, -0.2) is 11.4 Å². The summed E-state index contributed by atoms with van der Waals surface area (Å²) in [7, 11) is 0. The van der Waals surface area contributed by atoms with Crippen molar-refractivity contribution in [2.45, 2.75) is 52.1 Å². The highest BCUT2D eigenvalue weighted by molar-refractivity contribution is 5.76. The van der Waals surface area contributed by atoms with E-state index in [0.717, 1.165) is 82.9 Å². The molecule has 0 radical (unpaired) electrons. The number of rotatable bonds is 6. The van der Waals surface area contributed by atoms with Crippen molar-refractivity contribution in [2.24, 2.45) is 0 Å². The van der Waals surface area contributed by atoms with Crippen LogP contribution >= 0.6 is 0 Å². The highest BCUT2D eigenvalue weighted by Gasteiger charge is 2.33. The molecule has 0 unspecified atom stereocenters. The van der Waals surface area contributed by atoms with Crippen LogP contribution in [0.4, 0.5) is 0 Å². The largest absolute Gasteiger partial charge is 0.489 e. The van der Waals surface area contributed by atoms with E-state index in [-0.39, 0.29) is 0 Å². The van der Waals surface area contributed by atoms with Gasteiger partial charge in [-0.25, -0.2) is 0 Å². The average Bonchev–Trinajstić information content (AvgIpc) is 3.65. The van der Waals surface area contributed by atoms with Crippen molar-refractivity contribution in [2.75, 3.05) is 0 Å². The average molecular weight is 466 g/mol. The number of carbonyl (C=O) groups is 1. The second-order valence-electron chi connectivity index (χ2n) is 9.56. The summed E-state index contributed by atoms with van der Waals surface area (Å²) in [4.78, 5) is 11.2. The number of hydrogen-bond donors (Lipinski definition) is 0. The van der Waals surface area contributed by atoms with Crippen LogP contribution in [0.5, 0.6) is 17.2 Å². The first-order chi connectivity index (χ1) is 17.1. The van der Waals surface area contributed by atoms with Gasteiger partial charge in [0.25, 0.3) is 0 Å². The molecule has 1 aliphatic carbocycles. The van der Waals surface area contributed by atoms with Gasteiger partial charge in [-0.05, 0) is 98.2 Å². The highest BCUT2D eigenvalue weighted by atomic mass is 16.5. The molecule has 0 atom stereocenters. The fraction of sp³-hybridized carbons (Fsp3) is 0.267. The summed E-state index contributed by atoms with van der Waals surface area (Å²) in [5.41, 5.74) is 8.24. The standard InChI is InChI=1S/C30H27NO4/c1-18-4-3-5-19(2)28(18)29-25(30(35-31-29)21-7-8-21)17-33-24-11-13-27-23(15-24)10-9-22-14-20(16-32)6-12-26(22)34-27/h3-6,11-16,21H,7-10,17H2,1-2H3. The minimum Gasteiger partial charge on any atom is -0.489 e. The number of aromatic nitrogens is 1. The minimum atomic E-state index is 0.404. The van der Waals surface area contributed by atoms with Crippen molar-refractivity contribution >= 4 is 6.29 Å². The van der Waals surface area contributed by atoms with E-state index in [2.05, 4.69) is 43.3 Å². The van der Waals surface area contributed by atoms with E-state index in [0.29, 0.717) is 18.1 Å². The predicted molar refractivity (Wildman–Crippen MR) is 133 cm³/mol. The maximum Gasteiger partial charge on any atom is 0.150 e. The molecule has 2 aliphatic rings. The molecule has 0 amide bonds. The molecule has 3 aromatic carbocycles. The van der Waals surface area contributed by atoms with Crippen molar-refractivity contribution in [1.29, 1.82) is 0 Å². The Morgan fingerprint density at radius 1 is 0.971 bits per heavy atom. The van der Waals surface area contributed by atoms with Crippen molar-refractivity contribution in [3.05, 3.63) is 93.7 Å². The van der Waals surface area contributed by atoms with Gasteiger partial charge in [0, 0.05) is 17.0 Å². The molecule has 35 heavy (non-hydrogen) atoms. The van der Waals surface area contributed by atoms with Gasteiger partial charge in [0.15, 0.2) is 0 Å². The van der Waals surface area contributed by atoms with E-state index in [1.807, 2.05) is 24.3 Å². The predicted octanol–water partition coefficient (Wildman–Crippen LogP) is 7.12. The lowest BCUT2D eigenvalue weighted by Gasteiger charge is -2.13. The second kappa shape index (κ2) is 8.73. The zero-order valence-corrected chi connectivity index (χ0v) is 20.0. The number of aldehydes is 1. The molecule has 2 heterocycles. The topological polar surface area (TPSA) is 61.6 Å². The number of nitrogens with zero attached hydrogens (tertiary/aromatic N) is 1. The third-order valence-electron chi connectivity index (χ3n) is 7.00. The smallest absolute Gasteiger partial charge is 0.150 e. The van der Waals surface area contributed by atoms with Gasteiger partial charge in [0.1, 0.15) is 41.6 Å². The molecule has 5 nitrogen and oxygen atoms in total. The molecule has 5 heteroatoms. The zero-order chi connectivity index (χ0) is 23.9. The van der Waals surface area contributed by atoms with E-state index in [4.69, 9.17) is 14.0 Å². The van der Waals surface area contributed by atoms with Gasteiger partial charge in [-0.15, -0.1) is 0 Å². The Hall–Kier alpha value is -3.86. The lowest BCUT2D eigenvalue weighted by atomic mass is 9.96. The van der Waals surface area contributed by atoms with Crippen LogP contribution < -0.4 is 9.47 Å². The minimum absolute atomic E-state index is 0.404. The number of aryl methyl sites for hydroxylation is 4. The first-order valence-electron chi connectivity index (χ1n) is 12.2. The van der Waals surface area contributed by atoms with Crippen molar-refractivity contribution < 1.29 is 18.8 Å². The summed E-state index contributed by atoms with van der Waals surface area (Å²) in [6, 6.07) is 17.8. The molecule has 0 N–H and O–H groups in total. The SMILES string of the molecule is Cc1cccc(C)c1-c1noc(C2CC2)c1COc1ccc2c(c1)CCc1cc(C=O)ccc1O2. The molecule has 0 saturated heterocycles. The second-order valence-corrected chi connectivity index (χ2v) is 9.56. The summed E-state index contributed by atoms with van der Waals surface area (Å²) in [5.74, 6) is 3.83. The van der Waals surface area contributed by atoms with Gasteiger partial charge in [0.05, 0.1) is 5.56 Å². The summed E-state index contributed by atoms with van der Waals surface area (Å²) >= 11 is 0. The summed E-state index contributed by atoms with van der Waals surface area (Å²) in [6.07, 6.45) is 4.77. The molecule has 1 saturated carbocycles. The van der Waals surface area contributed by atoms with Crippen molar-refractivity contribution in [1.82, 2.24) is 5.16 Å². The van der Waals surface area contributed by atoms with E-state index in [1.165, 1.54) is 11.1 Å². The fourth-order valence-corrected chi connectivity index (χ4v) is 4.96. The zero-order valence-electron chi connectivity index (χ0n) is 20.0. The Bertz CT molecular complexity index is 1410.